The van der Waals surface area contributed by atoms with Crippen molar-refractivity contribution < 1.29 is 9.53 Å². The molecule has 1 amide bonds. The Hall–Kier alpha value is -1.73. The Balaban J connectivity index is 1.24. The standard InChI is InChI=1S/C19H29N5O2/c25-18(6-9-22-14-15-26-17-5-2-1-4-16(17)22)23-10-12-24(13-11-23)19-20-7-3-8-21-19/h3,7-8,16-17H,1-2,4-6,9-15H2. The van der Waals surface area contributed by atoms with E-state index in [1.165, 1.54) is 25.7 Å². The first-order chi connectivity index (χ1) is 12.8. The van der Waals surface area contributed by atoms with Crippen LogP contribution in [0, 0.1) is 0 Å². The van der Waals surface area contributed by atoms with Gasteiger partial charge in [-0.1, -0.05) is 12.8 Å². The number of piperazine rings is 1. The lowest BCUT2D eigenvalue weighted by molar-refractivity contribution is -0.133. The van der Waals surface area contributed by atoms with Gasteiger partial charge in [-0.25, -0.2) is 9.97 Å². The van der Waals surface area contributed by atoms with Gasteiger partial charge in [-0.15, -0.1) is 0 Å². The van der Waals surface area contributed by atoms with Crippen LogP contribution in [0.25, 0.3) is 0 Å². The molecule has 2 unspecified atom stereocenters. The predicted molar refractivity (Wildman–Crippen MR) is 99.0 cm³/mol. The van der Waals surface area contributed by atoms with E-state index in [1.807, 2.05) is 11.0 Å². The van der Waals surface area contributed by atoms with Gasteiger partial charge < -0.3 is 14.5 Å². The summed E-state index contributed by atoms with van der Waals surface area (Å²) in [5, 5.41) is 0. The fraction of sp³-hybridized carbons (Fsp3) is 0.737. The molecule has 3 fully saturated rings. The molecule has 3 aliphatic rings. The number of aromatic nitrogens is 2. The molecule has 7 nitrogen and oxygen atoms in total. The molecule has 1 aromatic heterocycles. The van der Waals surface area contributed by atoms with Gasteiger partial charge in [-0.3, -0.25) is 9.69 Å². The van der Waals surface area contributed by atoms with Gasteiger partial charge in [0.1, 0.15) is 0 Å². The molecule has 3 heterocycles. The van der Waals surface area contributed by atoms with Crippen molar-refractivity contribution >= 4 is 11.9 Å². The van der Waals surface area contributed by atoms with Gasteiger partial charge in [-0.05, 0) is 18.9 Å². The van der Waals surface area contributed by atoms with Gasteiger partial charge in [0, 0.05) is 64.1 Å². The maximum atomic E-state index is 12.7. The number of rotatable bonds is 4. The molecule has 2 atom stereocenters. The quantitative estimate of drug-likeness (QED) is 0.804. The van der Waals surface area contributed by atoms with Crippen molar-refractivity contribution in [2.45, 2.75) is 44.2 Å². The van der Waals surface area contributed by atoms with Crippen LogP contribution in [0.15, 0.2) is 18.5 Å². The predicted octanol–water partition coefficient (Wildman–Crippen LogP) is 1.16. The van der Waals surface area contributed by atoms with E-state index in [4.69, 9.17) is 4.74 Å². The smallest absolute Gasteiger partial charge is 0.225 e. The summed E-state index contributed by atoms with van der Waals surface area (Å²) < 4.78 is 5.93. The monoisotopic (exact) mass is 359 g/mol. The second-order valence-electron chi connectivity index (χ2n) is 7.46. The topological polar surface area (TPSA) is 61.8 Å². The summed E-state index contributed by atoms with van der Waals surface area (Å²) >= 11 is 0. The molecule has 1 aliphatic carbocycles. The van der Waals surface area contributed by atoms with E-state index in [9.17, 15) is 4.79 Å². The van der Waals surface area contributed by atoms with Crippen LogP contribution in [0.5, 0.6) is 0 Å². The molecular weight excluding hydrogens is 330 g/mol. The van der Waals surface area contributed by atoms with E-state index in [0.29, 0.717) is 18.6 Å². The maximum Gasteiger partial charge on any atom is 0.225 e. The summed E-state index contributed by atoms with van der Waals surface area (Å²) in [4.78, 5) is 27.9. The zero-order valence-electron chi connectivity index (χ0n) is 15.4. The molecule has 2 saturated heterocycles. The van der Waals surface area contributed by atoms with Gasteiger partial charge in [0.2, 0.25) is 11.9 Å². The summed E-state index contributed by atoms with van der Waals surface area (Å²) in [5.41, 5.74) is 0. The molecule has 4 rings (SSSR count). The van der Waals surface area contributed by atoms with Crippen LogP contribution >= 0.6 is 0 Å². The summed E-state index contributed by atoms with van der Waals surface area (Å²) in [6, 6.07) is 2.35. The van der Waals surface area contributed by atoms with Crippen molar-refractivity contribution in [1.82, 2.24) is 19.8 Å². The van der Waals surface area contributed by atoms with E-state index in [0.717, 1.165) is 51.8 Å². The molecule has 0 bridgehead atoms. The minimum Gasteiger partial charge on any atom is -0.375 e. The highest BCUT2D eigenvalue weighted by Crippen LogP contribution is 2.28. The Bertz CT molecular complexity index is 589. The molecule has 7 heteroatoms. The third-order valence-electron chi connectivity index (χ3n) is 5.93. The lowest BCUT2D eigenvalue weighted by Gasteiger charge is -2.44. The van der Waals surface area contributed by atoms with Gasteiger partial charge >= 0.3 is 0 Å². The number of carbonyl (C=O) groups excluding carboxylic acids is 1. The normalized spacial score (nSPS) is 27.2. The molecule has 26 heavy (non-hydrogen) atoms. The van der Waals surface area contributed by atoms with Crippen LogP contribution in [0.2, 0.25) is 0 Å². The van der Waals surface area contributed by atoms with Crippen LogP contribution in [-0.2, 0) is 9.53 Å². The zero-order valence-corrected chi connectivity index (χ0v) is 15.4. The second-order valence-corrected chi connectivity index (χ2v) is 7.46. The minimum atomic E-state index is 0.275. The number of fused-ring (bicyclic) bond motifs is 1. The summed E-state index contributed by atoms with van der Waals surface area (Å²) in [6.07, 6.45) is 9.50. The van der Waals surface area contributed by atoms with Crippen molar-refractivity contribution in [1.29, 1.82) is 0 Å². The second kappa shape index (κ2) is 8.31. The van der Waals surface area contributed by atoms with Gasteiger partial charge in [-0.2, -0.15) is 0 Å². The highest BCUT2D eigenvalue weighted by Gasteiger charge is 2.34. The molecule has 0 radical (unpaired) electrons. The third-order valence-corrected chi connectivity index (χ3v) is 5.93. The Morgan fingerprint density at radius 1 is 1.08 bits per heavy atom. The van der Waals surface area contributed by atoms with Crippen molar-refractivity contribution in [3.05, 3.63) is 18.5 Å². The Kier molecular flexibility index (Phi) is 5.65. The van der Waals surface area contributed by atoms with Crippen LogP contribution in [0.4, 0.5) is 5.95 Å². The van der Waals surface area contributed by atoms with Crippen molar-refractivity contribution in [3.8, 4) is 0 Å². The number of hydrogen-bond acceptors (Lipinski definition) is 6. The first-order valence-electron chi connectivity index (χ1n) is 9.96. The third kappa shape index (κ3) is 3.99. The summed E-state index contributed by atoms with van der Waals surface area (Å²) in [6.45, 7) is 5.76. The van der Waals surface area contributed by atoms with Gasteiger partial charge in [0.05, 0.1) is 12.7 Å². The number of carbonyl (C=O) groups is 1. The minimum absolute atomic E-state index is 0.275. The van der Waals surface area contributed by atoms with Crippen molar-refractivity contribution in [2.24, 2.45) is 0 Å². The van der Waals surface area contributed by atoms with Crippen molar-refractivity contribution in [2.75, 3.05) is 50.8 Å². The molecule has 0 aromatic carbocycles. The Morgan fingerprint density at radius 2 is 1.85 bits per heavy atom. The number of hydrogen-bond donors (Lipinski definition) is 0. The molecule has 0 N–H and O–H groups in total. The van der Waals surface area contributed by atoms with Crippen molar-refractivity contribution in [3.63, 3.8) is 0 Å². The maximum absolute atomic E-state index is 12.7. The lowest BCUT2D eigenvalue weighted by Crippen LogP contribution is -2.54. The number of anilines is 1. The molecule has 1 saturated carbocycles. The number of ether oxygens (including phenoxy) is 1. The largest absolute Gasteiger partial charge is 0.375 e. The molecule has 1 aromatic rings. The van der Waals surface area contributed by atoms with Crippen LogP contribution < -0.4 is 4.90 Å². The molecular formula is C19H29N5O2. The summed E-state index contributed by atoms with van der Waals surface area (Å²) in [5.74, 6) is 1.04. The van der Waals surface area contributed by atoms with E-state index >= 15 is 0 Å². The Labute approximate surface area is 155 Å². The first-order valence-corrected chi connectivity index (χ1v) is 9.96. The SMILES string of the molecule is O=C(CCN1CCOC2CCCCC21)N1CCN(c2ncccn2)CC1. The highest BCUT2D eigenvalue weighted by molar-refractivity contribution is 5.76. The lowest BCUT2D eigenvalue weighted by atomic mass is 9.90. The molecule has 2 aliphatic heterocycles. The van der Waals surface area contributed by atoms with E-state index in [-0.39, 0.29) is 5.91 Å². The van der Waals surface area contributed by atoms with Crippen LogP contribution in [0.1, 0.15) is 32.1 Å². The van der Waals surface area contributed by atoms with Gasteiger partial charge in [0.25, 0.3) is 0 Å². The first kappa shape index (κ1) is 17.7. The Morgan fingerprint density at radius 3 is 2.65 bits per heavy atom. The molecule has 142 valence electrons. The average Bonchev–Trinajstić information content (AvgIpc) is 2.73. The average molecular weight is 359 g/mol. The summed E-state index contributed by atoms with van der Waals surface area (Å²) in [7, 11) is 0. The van der Waals surface area contributed by atoms with Gasteiger partial charge in [0.15, 0.2) is 0 Å². The fourth-order valence-electron chi connectivity index (χ4n) is 4.46. The van der Waals surface area contributed by atoms with E-state index in [2.05, 4.69) is 19.8 Å². The fourth-order valence-corrected chi connectivity index (χ4v) is 4.46. The highest BCUT2D eigenvalue weighted by atomic mass is 16.5. The van der Waals surface area contributed by atoms with E-state index < -0.39 is 0 Å². The van der Waals surface area contributed by atoms with Crippen LogP contribution in [-0.4, -0.2) is 83.7 Å². The number of amides is 1. The zero-order chi connectivity index (χ0) is 17.8. The number of nitrogens with zero attached hydrogens (tertiary/aromatic N) is 5. The van der Waals surface area contributed by atoms with E-state index in [1.54, 1.807) is 12.4 Å². The van der Waals surface area contributed by atoms with Crippen LogP contribution in [0.3, 0.4) is 0 Å². The molecule has 0 spiro atoms. The number of morpholine rings is 1.